The SMILES string of the molecule is COc1cccc(C(C)N[C@H](C)c2ccc(Cl)cc2)c1. The highest BCUT2D eigenvalue weighted by Crippen LogP contribution is 2.23. The highest BCUT2D eigenvalue weighted by atomic mass is 35.5. The van der Waals surface area contributed by atoms with Crippen LogP contribution < -0.4 is 10.1 Å². The Kier molecular flexibility index (Phi) is 5.05. The molecule has 0 saturated heterocycles. The molecule has 2 rings (SSSR count). The van der Waals surface area contributed by atoms with Gasteiger partial charge in [-0.15, -0.1) is 0 Å². The smallest absolute Gasteiger partial charge is 0.119 e. The Labute approximate surface area is 125 Å². The van der Waals surface area contributed by atoms with Crippen LogP contribution in [0.25, 0.3) is 0 Å². The van der Waals surface area contributed by atoms with Crippen molar-refractivity contribution in [2.75, 3.05) is 7.11 Å². The van der Waals surface area contributed by atoms with Gasteiger partial charge in [-0.1, -0.05) is 35.9 Å². The second-order valence-electron chi connectivity index (χ2n) is 4.94. The minimum Gasteiger partial charge on any atom is -0.497 e. The third-order valence-corrected chi connectivity index (χ3v) is 3.72. The zero-order valence-electron chi connectivity index (χ0n) is 12.1. The van der Waals surface area contributed by atoms with Gasteiger partial charge < -0.3 is 10.1 Å². The summed E-state index contributed by atoms with van der Waals surface area (Å²) in [6, 6.07) is 16.6. The van der Waals surface area contributed by atoms with Gasteiger partial charge in [0.05, 0.1) is 7.11 Å². The molecule has 3 heteroatoms. The highest BCUT2D eigenvalue weighted by Gasteiger charge is 2.11. The van der Waals surface area contributed by atoms with Crippen LogP contribution in [0.1, 0.15) is 37.1 Å². The van der Waals surface area contributed by atoms with Crippen molar-refractivity contribution in [3.05, 3.63) is 64.7 Å². The Morgan fingerprint density at radius 1 is 0.950 bits per heavy atom. The molecule has 0 heterocycles. The van der Waals surface area contributed by atoms with Crippen LogP contribution in [0.2, 0.25) is 5.02 Å². The van der Waals surface area contributed by atoms with Gasteiger partial charge in [-0.3, -0.25) is 0 Å². The van der Waals surface area contributed by atoms with E-state index in [4.69, 9.17) is 16.3 Å². The molecule has 20 heavy (non-hydrogen) atoms. The summed E-state index contributed by atoms with van der Waals surface area (Å²) in [6.45, 7) is 4.31. The van der Waals surface area contributed by atoms with Crippen molar-refractivity contribution in [1.82, 2.24) is 5.32 Å². The van der Waals surface area contributed by atoms with Crippen molar-refractivity contribution < 1.29 is 4.74 Å². The van der Waals surface area contributed by atoms with Crippen LogP contribution in [0.4, 0.5) is 0 Å². The van der Waals surface area contributed by atoms with E-state index < -0.39 is 0 Å². The number of benzene rings is 2. The lowest BCUT2D eigenvalue weighted by Gasteiger charge is -2.21. The number of hydrogen-bond acceptors (Lipinski definition) is 2. The molecule has 0 bridgehead atoms. The number of nitrogens with one attached hydrogen (secondary N) is 1. The zero-order chi connectivity index (χ0) is 14.5. The van der Waals surface area contributed by atoms with Crippen LogP contribution in [0.15, 0.2) is 48.5 Å². The predicted octanol–water partition coefficient (Wildman–Crippen LogP) is 4.76. The van der Waals surface area contributed by atoms with Gasteiger partial charge in [0, 0.05) is 17.1 Å². The molecule has 2 aromatic rings. The molecular weight excluding hydrogens is 270 g/mol. The molecule has 0 radical (unpaired) electrons. The lowest BCUT2D eigenvalue weighted by atomic mass is 10.0. The second kappa shape index (κ2) is 6.78. The third kappa shape index (κ3) is 3.75. The Hall–Kier alpha value is -1.51. The molecule has 0 spiro atoms. The van der Waals surface area contributed by atoms with Gasteiger partial charge in [0.1, 0.15) is 5.75 Å². The van der Waals surface area contributed by atoms with Gasteiger partial charge in [0.15, 0.2) is 0 Å². The molecule has 1 N–H and O–H groups in total. The molecule has 1 unspecified atom stereocenters. The third-order valence-electron chi connectivity index (χ3n) is 3.46. The van der Waals surface area contributed by atoms with E-state index in [1.165, 1.54) is 11.1 Å². The van der Waals surface area contributed by atoms with Gasteiger partial charge in [0.2, 0.25) is 0 Å². The Balaban J connectivity index is 2.06. The van der Waals surface area contributed by atoms with Gasteiger partial charge in [-0.25, -0.2) is 0 Å². The van der Waals surface area contributed by atoms with Crippen LogP contribution >= 0.6 is 11.6 Å². The largest absolute Gasteiger partial charge is 0.497 e. The first-order valence-corrected chi connectivity index (χ1v) is 7.13. The maximum atomic E-state index is 5.92. The average molecular weight is 290 g/mol. The van der Waals surface area contributed by atoms with Crippen LogP contribution in [-0.2, 0) is 0 Å². The molecular formula is C17H20ClNO. The van der Waals surface area contributed by atoms with Crippen LogP contribution in [0.3, 0.4) is 0 Å². The summed E-state index contributed by atoms with van der Waals surface area (Å²) in [5.41, 5.74) is 2.44. The summed E-state index contributed by atoms with van der Waals surface area (Å²) in [7, 11) is 1.69. The Morgan fingerprint density at radius 2 is 1.60 bits per heavy atom. The standard InChI is InChI=1S/C17H20ClNO/c1-12(14-7-9-16(18)10-8-14)19-13(2)15-5-4-6-17(11-15)20-3/h4-13,19H,1-3H3/t12-,13?/m1/s1. The van der Waals surface area contributed by atoms with Crippen molar-refractivity contribution in [3.63, 3.8) is 0 Å². The van der Waals surface area contributed by atoms with Gasteiger partial charge >= 0.3 is 0 Å². The quantitative estimate of drug-likeness (QED) is 0.857. The van der Waals surface area contributed by atoms with Gasteiger partial charge in [0.25, 0.3) is 0 Å². The lowest BCUT2D eigenvalue weighted by Crippen LogP contribution is -2.22. The molecule has 0 saturated carbocycles. The van der Waals surface area contributed by atoms with Crippen molar-refractivity contribution in [2.45, 2.75) is 25.9 Å². The van der Waals surface area contributed by atoms with E-state index in [9.17, 15) is 0 Å². The van der Waals surface area contributed by atoms with E-state index in [0.717, 1.165) is 10.8 Å². The normalized spacial score (nSPS) is 13.8. The molecule has 0 aliphatic rings. The minimum atomic E-state index is 0.246. The van der Waals surface area contributed by atoms with Crippen molar-refractivity contribution in [3.8, 4) is 5.75 Å². The Bertz CT molecular complexity index is 553. The van der Waals surface area contributed by atoms with E-state index in [1.807, 2.05) is 24.3 Å². The highest BCUT2D eigenvalue weighted by molar-refractivity contribution is 6.30. The first-order valence-electron chi connectivity index (χ1n) is 6.75. The molecule has 2 aromatic carbocycles. The Morgan fingerprint density at radius 3 is 2.25 bits per heavy atom. The van der Waals surface area contributed by atoms with Gasteiger partial charge in [-0.2, -0.15) is 0 Å². The topological polar surface area (TPSA) is 21.3 Å². The van der Waals surface area contributed by atoms with E-state index in [1.54, 1.807) is 7.11 Å². The number of methoxy groups -OCH3 is 1. The van der Waals surface area contributed by atoms with Crippen molar-refractivity contribution in [1.29, 1.82) is 0 Å². The van der Waals surface area contributed by atoms with E-state index in [0.29, 0.717) is 0 Å². The molecule has 106 valence electrons. The molecule has 0 aromatic heterocycles. The fourth-order valence-corrected chi connectivity index (χ4v) is 2.36. The molecule has 0 aliphatic heterocycles. The molecule has 0 amide bonds. The maximum absolute atomic E-state index is 5.92. The summed E-state index contributed by atoms with van der Waals surface area (Å²) < 4.78 is 5.27. The number of rotatable bonds is 5. The summed E-state index contributed by atoms with van der Waals surface area (Å²) >= 11 is 5.92. The van der Waals surface area contributed by atoms with Crippen LogP contribution in [-0.4, -0.2) is 7.11 Å². The first kappa shape index (κ1) is 14.9. The van der Waals surface area contributed by atoms with E-state index in [2.05, 4.69) is 43.4 Å². The predicted molar refractivity (Wildman–Crippen MR) is 84.4 cm³/mol. The van der Waals surface area contributed by atoms with Crippen molar-refractivity contribution >= 4 is 11.6 Å². The molecule has 2 nitrogen and oxygen atoms in total. The van der Waals surface area contributed by atoms with E-state index >= 15 is 0 Å². The maximum Gasteiger partial charge on any atom is 0.119 e. The zero-order valence-corrected chi connectivity index (χ0v) is 12.8. The number of hydrogen-bond donors (Lipinski definition) is 1. The van der Waals surface area contributed by atoms with E-state index in [-0.39, 0.29) is 12.1 Å². The summed E-state index contributed by atoms with van der Waals surface area (Å²) in [6.07, 6.45) is 0. The van der Waals surface area contributed by atoms with Gasteiger partial charge in [-0.05, 0) is 49.2 Å². The summed E-state index contributed by atoms with van der Waals surface area (Å²) in [5, 5.41) is 4.35. The summed E-state index contributed by atoms with van der Waals surface area (Å²) in [5.74, 6) is 0.885. The lowest BCUT2D eigenvalue weighted by molar-refractivity contribution is 0.412. The van der Waals surface area contributed by atoms with Crippen LogP contribution in [0, 0.1) is 0 Å². The number of ether oxygens (including phenoxy) is 1. The van der Waals surface area contributed by atoms with Crippen molar-refractivity contribution in [2.24, 2.45) is 0 Å². The molecule has 0 fully saturated rings. The fraction of sp³-hybridized carbons (Fsp3) is 0.294. The van der Waals surface area contributed by atoms with Crippen LogP contribution in [0.5, 0.6) is 5.75 Å². The number of halogens is 1. The minimum absolute atomic E-state index is 0.246. The average Bonchev–Trinajstić information content (AvgIpc) is 2.47. The fourth-order valence-electron chi connectivity index (χ4n) is 2.23. The molecule has 2 atom stereocenters. The first-order chi connectivity index (χ1) is 9.60. The second-order valence-corrected chi connectivity index (χ2v) is 5.37. The summed E-state index contributed by atoms with van der Waals surface area (Å²) in [4.78, 5) is 0. The molecule has 0 aliphatic carbocycles. The monoisotopic (exact) mass is 289 g/mol.